The molecule has 2 aliphatic heterocycles. The summed E-state index contributed by atoms with van der Waals surface area (Å²) >= 11 is 0. The first-order valence-electron chi connectivity index (χ1n) is 30.2. The Labute approximate surface area is 472 Å². The minimum Gasteiger partial charge on any atom is -0.468 e. The molecule has 2 unspecified atom stereocenters. The number of para-hydroxylation sites is 2. The highest BCUT2D eigenvalue weighted by molar-refractivity contribution is 7.00. The molecule has 14 rings (SSSR count). The average molecular weight is 1040 g/mol. The van der Waals surface area contributed by atoms with Gasteiger partial charge in [0.15, 0.2) is 0 Å². The molecular formula is C74H82BN3O. The Morgan fingerprint density at radius 1 is 0.430 bits per heavy atom. The van der Waals surface area contributed by atoms with Gasteiger partial charge < -0.3 is 19.1 Å². The van der Waals surface area contributed by atoms with Gasteiger partial charge in [-0.25, -0.2) is 0 Å². The summed E-state index contributed by atoms with van der Waals surface area (Å²) in [5.74, 6) is 0.940. The van der Waals surface area contributed by atoms with E-state index in [1.807, 2.05) is 0 Å². The third-order valence-electron chi connectivity index (χ3n) is 21.4. The standard InChI is InChI=1S/C74H82BN3O/c1-45-25-26-46(2)53-42-65-54(41-52(45)53)67-68(79-65)75-61-43-59-60(74(13,14)36-35-73(59,11)12)44-62(61)77(49-27-29-55-57(37-49)71(7,8)33-31-69(55,3)4)63-39-51(76(47-21-17-15-18-22-47)48-23-19-16-20-24-48)40-64(66(63)75)78(67)50-28-30-56-58(38-50)72(9,10)34-32-70(56,5)6/h15-24,27-30,37-46H,25-26,31-36H2,1-14H3. The number of rotatable bonds is 5. The van der Waals surface area contributed by atoms with Gasteiger partial charge in [-0.3, -0.25) is 0 Å². The summed E-state index contributed by atoms with van der Waals surface area (Å²) in [5, 5.41) is 1.22. The molecule has 8 aromatic rings. The molecule has 0 saturated heterocycles. The zero-order valence-electron chi connectivity index (χ0n) is 49.8. The number of benzene rings is 7. The summed E-state index contributed by atoms with van der Waals surface area (Å²) < 4.78 is 7.83. The van der Waals surface area contributed by atoms with Gasteiger partial charge in [0.1, 0.15) is 5.58 Å². The van der Waals surface area contributed by atoms with Crippen molar-refractivity contribution < 1.29 is 4.42 Å². The Morgan fingerprint density at radius 2 is 0.861 bits per heavy atom. The summed E-state index contributed by atoms with van der Waals surface area (Å²) in [6.07, 6.45) is 9.33. The fraction of sp³-hybridized carbons (Fsp3) is 0.405. The predicted molar refractivity (Wildman–Crippen MR) is 337 cm³/mol. The van der Waals surface area contributed by atoms with Crippen LogP contribution in [0.3, 0.4) is 0 Å². The second-order valence-electron chi connectivity index (χ2n) is 29.4. The van der Waals surface area contributed by atoms with Crippen LogP contribution in [0.1, 0.15) is 205 Å². The van der Waals surface area contributed by atoms with E-state index in [0.717, 1.165) is 54.0 Å². The van der Waals surface area contributed by atoms with Crippen molar-refractivity contribution in [3.05, 3.63) is 178 Å². The van der Waals surface area contributed by atoms with Crippen molar-refractivity contribution in [1.82, 2.24) is 0 Å². The molecule has 79 heavy (non-hydrogen) atoms. The third-order valence-corrected chi connectivity index (χ3v) is 21.4. The van der Waals surface area contributed by atoms with Crippen LogP contribution in [-0.2, 0) is 32.5 Å². The van der Waals surface area contributed by atoms with Gasteiger partial charge in [-0.2, -0.15) is 0 Å². The Hall–Kier alpha value is -6.46. The maximum absolute atomic E-state index is 7.83. The molecule has 0 radical (unpaired) electrons. The van der Waals surface area contributed by atoms with Crippen molar-refractivity contribution in [3.63, 3.8) is 0 Å². The Morgan fingerprint density at radius 3 is 1.37 bits per heavy atom. The van der Waals surface area contributed by atoms with E-state index in [4.69, 9.17) is 4.42 Å². The predicted octanol–water partition coefficient (Wildman–Crippen LogP) is 19.0. The molecule has 4 aliphatic carbocycles. The van der Waals surface area contributed by atoms with Crippen LogP contribution in [0.5, 0.6) is 0 Å². The van der Waals surface area contributed by atoms with Gasteiger partial charge in [0.05, 0.1) is 17.0 Å². The lowest BCUT2D eigenvalue weighted by atomic mass is 9.35. The van der Waals surface area contributed by atoms with Crippen LogP contribution >= 0.6 is 0 Å². The normalized spacial score (nSPS) is 21.9. The third kappa shape index (κ3) is 7.59. The van der Waals surface area contributed by atoms with Gasteiger partial charge in [0.2, 0.25) is 0 Å². The maximum atomic E-state index is 7.83. The molecule has 0 amide bonds. The van der Waals surface area contributed by atoms with Crippen LogP contribution in [0.15, 0.2) is 138 Å². The fourth-order valence-electron chi connectivity index (χ4n) is 16.0. The Balaban J connectivity index is 1.16. The van der Waals surface area contributed by atoms with Gasteiger partial charge in [-0.05, 0) is 230 Å². The molecule has 0 fully saturated rings. The lowest BCUT2D eigenvalue weighted by molar-refractivity contribution is 0.332. The van der Waals surface area contributed by atoms with E-state index >= 15 is 0 Å². The first-order chi connectivity index (χ1) is 37.4. The van der Waals surface area contributed by atoms with E-state index in [1.54, 1.807) is 0 Å². The molecule has 7 aromatic carbocycles. The van der Waals surface area contributed by atoms with Crippen molar-refractivity contribution in [3.8, 4) is 0 Å². The van der Waals surface area contributed by atoms with E-state index in [0.29, 0.717) is 11.8 Å². The molecule has 4 nitrogen and oxygen atoms in total. The van der Waals surface area contributed by atoms with Crippen LogP contribution in [0.25, 0.3) is 11.0 Å². The van der Waals surface area contributed by atoms with E-state index in [2.05, 4.69) is 245 Å². The maximum Gasteiger partial charge on any atom is 0.297 e. The minimum absolute atomic E-state index is 0.00255. The van der Waals surface area contributed by atoms with E-state index in [9.17, 15) is 0 Å². The van der Waals surface area contributed by atoms with Gasteiger partial charge in [-0.15, -0.1) is 0 Å². The van der Waals surface area contributed by atoms with Crippen LogP contribution < -0.4 is 31.3 Å². The topological polar surface area (TPSA) is 22.9 Å². The summed E-state index contributed by atoms with van der Waals surface area (Å²) in [6, 6.07) is 52.7. The van der Waals surface area contributed by atoms with Crippen molar-refractivity contribution in [2.75, 3.05) is 14.7 Å². The zero-order valence-corrected chi connectivity index (χ0v) is 49.8. The minimum atomic E-state index is -0.176. The molecule has 0 spiro atoms. The van der Waals surface area contributed by atoms with Crippen LogP contribution in [0.4, 0.5) is 51.2 Å². The van der Waals surface area contributed by atoms with E-state index < -0.39 is 0 Å². The number of fused-ring (bicyclic) bond motifs is 10. The summed E-state index contributed by atoms with van der Waals surface area (Å²) in [6.45, 7) is 34.4. The van der Waals surface area contributed by atoms with Crippen LogP contribution in [0.2, 0.25) is 0 Å². The van der Waals surface area contributed by atoms with Crippen molar-refractivity contribution in [1.29, 1.82) is 0 Å². The van der Waals surface area contributed by atoms with E-state index in [1.165, 1.54) is 121 Å². The Bertz CT molecular complexity index is 3780. The van der Waals surface area contributed by atoms with Crippen LogP contribution in [-0.4, -0.2) is 6.71 Å². The average Bonchev–Trinajstić information content (AvgIpc) is 3.00. The Kier molecular flexibility index (Phi) is 10.9. The van der Waals surface area contributed by atoms with Gasteiger partial charge >= 0.3 is 0 Å². The zero-order chi connectivity index (χ0) is 55.1. The van der Waals surface area contributed by atoms with Gasteiger partial charge in [0, 0.05) is 45.2 Å². The number of hydrogen-bond acceptors (Lipinski definition) is 4. The summed E-state index contributed by atoms with van der Waals surface area (Å²) in [7, 11) is 0. The molecule has 2 atom stereocenters. The smallest absolute Gasteiger partial charge is 0.297 e. The number of nitrogens with zero attached hydrogens (tertiary/aromatic N) is 3. The summed E-state index contributed by atoms with van der Waals surface area (Å²) in [4.78, 5) is 7.89. The molecule has 0 saturated carbocycles. The molecule has 3 heterocycles. The van der Waals surface area contributed by atoms with E-state index in [-0.39, 0.29) is 39.2 Å². The molecule has 5 heteroatoms. The molecule has 6 aliphatic rings. The quantitative estimate of drug-likeness (QED) is 0.160. The molecule has 1 aromatic heterocycles. The van der Waals surface area contributed by atoms with Gasteiger partial charge in [0.25, 0.3) is 6.71 Å². The molecule has 0 N–H and O–H groups in total. The molecule has 0 bridgehead atoms. The highest BCUT2D eigenvalue weighted by atomic mass is 16.3. The highest BCUT2D eigenvalue weighted by Crippen LogP contribution is 2.56. The van der Waals surface area contributed by atoms with Crippen molar-refractivity contribution >= 4 is 85.5 Å². The first kappa shape index (κ1) is 50.7. The summed E-state index contributed by atoms with van der Waals surface area (Å²) in [5.41, 5.74) is 27.3. The highest BCUT2D eigenvalue weighted by Gasteiger charge is 2.51. The molecular weight excluding hydrogens is 958 g/mol. The molecule has 402 valence electrons. The second-order valence-corrected chi connectivity index (χ2v) is 29.4. The number of hydrogen-bond donors (Lipinski definition) is 0. The monoisotopic (exact) mass is 1040 g/mol. The largest absolute Gasteiger partial charge is 0.468 e. The SMILES string of the molecule is CC1CCC(C)c2cc3c4c(oc3cc21)B1c2cc3c(cc2N(c2ccc5c(c2)C(C)(C)CCC5(C)C)c2cc(N(c5ccccc5)c5ccccc5)cc(c21)N4c1ccc2c(c1)C(C)(C)CCC2(C)C)C(C)(C)CCC3(C)C. The lowest BCUT2D eigenvalue weighted by Gasteiger charge is -2.47. The number of furan rings is 1. The van der Waals surface area contributed by atoms with Crippen LogP contribution in [0, 0.1) is 0 Å². The van der Waals surface area contributed by atoms with Gasteiger partial charge in [-0.1, -0.05) is 152 Å². The fourth-order valence-corrected chi connectivity index (χ4v) is 16.0. The van der Waals surface area contributed by atoms with Crippen molar-refractivity contribution in [2.24, 2.45) is 0 Å². The second kappa shape index (κ2) is 17.0. The first-order valence-corrected chi connectivity index (χ1v) is 30.2. The lowest BCUT2D eigenvalue weighted by Crippen LogP contribution is -2.61. The van der Waals surface area contributed by atoms with Crippen molar-refractivity contribution in [2.45, 2.75) is 193 Å². The number of anilines is 9.